The van der Waals surface area contributed by atoms with E-state index in [1.807, 2.05) is 50.2 Å². The quantitative estimate of drug-likeness (QED) is 0.854. The first-order valence-electron chi connectivity index (χ1n) is 7.67. The summed E-state index contributed by atoms with van der Waals surface area (Å²) in [5, 5.41) is 6.21. The van der Waals surface area contributed by atoms with Gasteiger partial charge in [0.05, 0.1) is 6.54 Å². The molecule has 0 bridgehead atoms. The monoisotopic (exact) mass is 296 g/mol. The van der Waals surface area contributed by atoms with Gasteiger partial charge in [0.1, 0.15) is 0 Å². The summed E-state index contributed by atoms with van der Waals surface area (Å²) >= 11 is 0. The lowest BCUT2D eigenvalue weighted by molar-refractivity contribution is -0.114. The molecule has 0 aliphatic carbocycles. The number of anilines is 2. The number of para-hydroxylation sites is 1. The van der Waals surface area contributed by atoms with Crippen LogP contribution in [-0.2, 0) is 4.79 Å². The zero-order valence-corrected chi connectivity index (χ0v) is 13.7. The minimum Gasteiger partial charge on any atom is -0.376 e. The van der Waals surface area contributed by atoms with E-state index in [0.29, 0.717) is 5.92 Å². The number of hydrogen-bond acceptors (Lipinski definition) is 2. The lowest BCUT2D eigenvalue weighted by Gasteiger charge is -2.16. The zero-order chi connectivity index (χ0) is 16.1. The van der Waals surface area contributed by atoms with Gasteiger partial charge >= 0.3 is 0 Å². The van der Waals surface area contributed by atoms with Crippen molar-refractivity contribution in [2.24, 2.45) is 0 Å². The molecule has 0 aliphatic heterocycles. The average Bonchev–Trinajstić information content (AvgIpc) is 2.47. The van der Waals surface area contributed by atoms with Gasteiger partial charge in [0.15, 0.2) is 0 Å². The predicted octanol–water partition coefficient (Wildman–Crippen LogP) is 4.48. The fourth-order valence-corrected chi connectivity index (χ4v) is 2.46. The molecule has 0 saturated heterocycles. The second-order valence-electron chi connectivity index (χ2n) is 5.97. The Labute approximate surface area is 132 Å². The first-order chi connectivity index (χ1) is 10.5. The molecule has 2 aromatic rings. The fourth-order valence-electron chi connectivity index (χ4n) is 2.46. The molecule has 3 heteroatoms. The largest absolute Gasteiger partial charge is 0.376 e. The second kappa shape index (κ2) is 7.12. The second-order valence-corrected chi connectivity index (χ2v) is 5.97. The summed E-state index contributed by atoms with van der Waals surface area (Å²) in [6, 6.07) is 14.1. The normalized spacial score (nSPS) is 10.6. The van der Waals surface area contributed by atoms with Crippen molar-refractivity contribution in [3.05, 3.63) is 59.2 Å². The summed E-state index contributed by atoms with van der Waals surface area (Å²) in [4.78, 5) is 12.2. The van der Waals surface area contributed by atoms with Crippen LogP contribution < -0.4 is 10.6 Å². The standard InChI is InChI=1S/C19H24N2O/c1-13(2)17-10-6-8-15(4)19(17)21-18(22)12-20-16-9-5-7-14(3)11-16/h5-11,13,20H,12H2,1-4H3,(H,21,22). The van der Waals surface area contributed by atoms with Crippen molar-refractivity contribution in [2.45, 2.75) is 33.6 Å². The number of carbonyl (C=O) groups excluding carboxylic acids is 1. The summed E-state index contributed by atoms with van der Waals surface area (Å²) < 4.78 is 0. The number of nitrogens with one attached hydrogen (secondary N) is 2. The van der Waals surface area contributed by atoms with E-state index in [2.05, 4.69) is 30.5 Å². The molecule has 0 aliphatic rings. The highest BCUT2D eigenvalue weighted by Crippen LogP contribution is 2.27. The summed E-state index contributed by atoms with van der Waals surface area (Å²) in [7, 11) is 0. The lowest BCUT2D eigenvalue weighted by Crippen LogP contribution is -2.23. The Morgan fingerprint density at radius 3 is 2.50 bits per heavy atom. The molecule has 0 spiro atoms. The molecule has 2 aromatic carbocycles. The molecule has 0 radical (unpaired) electrons. The molecule has 0 fully saturated rings. The van der Waals surface area contributed by atoms with E-state index in [9.17, 15) is 4.79 Å². The summed E-state index contributed by atoms with van der Waals surface area (Å²) in [5.41, 5.74) is 5.34. The third-order valence-corrected chi connectivity index (χ3v) is 3.66. The average molecular weight is 296 g/mol. The van der Waals surface area contributed by atoms with E-state index in [-0.39, 0.29) is 12.5 Å². The third kappa shape index (κ3) is 4.10. The highest BCUT2D eigenvalue weighted by atomic mass is 16.1. The highest BCUT2D eigenvalue weighted by molar-refractivity contribution is 5.95. The van der Waals surface area contributed by atoms with Crippen molar-refractivity contribution in [1.82, 2.24) is 0 Å². The van der Waals surface area contributed by atoms with Gasteiger partial charge in [0.2, 0.25) is 5.91 Å². The van der Waals surface area contributed by atoms with Gasteiger partial charge in [-0.05, 0) is 48.6 Å². The van der Waals surface area contributed by atoms with Crippen LogP contribution in [0.15, 0.2) is 42.5 Å². The van der Waals surface area contributed by atoms with Gasteiger partial charge in [-0.25, -0.2) is 0 Å². The van der Waals surface area contributed by atoms with Crippen LogP contribution in [0.1, 0.15) is 36.5 Å². The van der Waals surface area contributed by atoms with Gasteiger partial charge in [0, 0.05) is 11.4 Å². The van der Waals surface area contributed by atoms with Crippen molar-refractivity contribution in [3.8, 4) is 0 Å². The zero-order valence-electron chi connectivity index (χ0n) is 13.7. The number of rotatable bonds is 5. The number of carbonyl (C=O) groups is 1. The Morgan fingerprint density at radius 1 is 1.09 bits per heavy atom. The van der Waals surface area contributed by atoms with Crippen molar-refractivity contribution in [3.63, 3.8) is 0 Å². The molecule has 0 heterocycles. The van der Waals surface area contributed by atoms with Crippen molar-refractivity contribution < 1.29 is 4.79 Å². The molecule has 0 unspecified atom stereocenters. The number of benzene rings is 2. The van der Waals surface area contributed by atoms with Crippen LogP contribution in [-0.4, -0.2) is 12.5 Å². The lowest BCUT2D eigenvalue weighted by atomic mass is 9.98. The topological polar surface area (TPSA) is 41.1 Å². The molecule has 1 amide bonds. The van der Waals surface area contributed by atoms with Gasteiger partial charge in [-0.15, -0.1) is 0 Å². The van der Waals surface area contributed by atoms with E-state index in [1.165, 1.54) is 11.1 Å². The molecule has 0 aromatic heterocycles. The van der Waals surface area contributed by atoms with Gasteiger partial charge in [-0.2, -0.15) is 0 Å². The van der Waals surface area contributed by atoms with Crippen LogP contribution in [0.3, 0.4) is 0 Å². The molecule has 2 N–H and O–H groups in total. The van der Waals surface area contributed by atoms with Crippen LogP contribution in [0.25, 0.3) is 0 Å². The van der Waals surface area contributed by atoms with Crippen molar-refractivity contribution >= 4 is 17.3 Å². The maximum Gasteiger partial charge on any atom is 0.243 e. The Hall–Kier alpha value is -2.29. The predicted molar refractivity (Wildman–Crippen MR) is 93.6 cm³/mol. The van der Waals surface area contributed by atoms with Gasteiger partial charge in [-0.3, -0.25) is 4.79 Å². The van der Waals surface area contributed by atoms with E-state index < -0.39 is 0 Å². The van der Waals surface area contributed by atoms with Crippen LogP contribution in [0, 0.1) is 13.8 Å². The van der Waals surface area contributed by atoms with E-state index in [4.69, 9.17) is 0 Å². The van der Waals surface area contributed by atoms with Crippen LogP contribution in [0.2, 0.25) is 0 Å². The molecule has 2 rings (SSSR count). The first kappa shape index (κ1) is 16.1. The van der Waals surface area contributed by atoms with E-state index in [0.717, 1.165) is 16.9 Å². The Morgan fingerprint density at radius 2 is 1.82 bits per heavy atom. The SMILES string of the molecule is Cc1cccc(NCC(=O)Nc2c(C)cccc2C(C)C)c1. The van der Waals surface area contributed by atoms with E-state index >= 15 is 0 Å². The maximum absolute atomic E-state index is 12.2. The Balaban J connectivity index is 2.03. The molecular weight excluding hydrogens is 272 g/mol. The first-order valence-corrected chi connectivity index (χ1v) is 7.67. The highest BCUT2D eigenvalue weighted by Gasteiger charge is 2.11. The van der Waals surface area contributed by atoms with Gasteiger partial charge < -0.3 is 10.6 Å². The summed E-state index contributed by atoms with van der Waals surface area (Å²) in [5.74, 6) is 0.345. The third-order valence-electron chi connectivity index (χ3n) is 3.66. The minimum absolute atomic E-state index is 0.0299. The van der Waals surface area contributed by atoms with Crippen molar-refractivity contribution in [1.29, 1.82) is 0 Å². The molecule has 22 heavy (non-hydrogen) atoms. The van der Waals surface area contributed by atoms with Crippen LogP contribution in [0.5, 0.6) is 0 Å². The number of hydrogen-bond donors (Lipinski definition) is 2. The maximum atomic E-state index is 12.2. The minimum atomic E-state index is -0.0299. The Kier molecular flexibility index (Phi) is 5.21. The number of aryl methyl sites for hydroxylation is 2. The molecular formula is C19H24N2O. The van der Waals surface area contributed by atoms with Crippen LogP contribution >= 0.6 is 0 Å². The van der Waals surface area contributed by atoms with Gasteiger partial charge in [-0.1, -0.05) is 44.2 Å². The molecule has 116 valence electrons. The molecule has 0 atom stereocenters. The smallest absolute Gasteiger partial charge is 0.243 e. The van der Waals surface area contributed by atoms with Crippen LogP contribution in [0.4, 0.5) is 11.4 Å². The molecule has 3 nitrogen and oxygen atoms in total. The van der Waals surface area contributed by atoms with Gasteiger partial charge in [0.25, 0.3) is 0 Å². The van der Waals surface area contributed by atoms with Crippen molar-refractivity contribution in [2.75, 3.05) is 17.2 Å². The fraction of sp³-hybridized carbons (Fsp3) is 0.316. The summed E-state index contributed by atoms with van der Waals surface area (Å²) in [6.07, 6.45) is 0. The number of amides is 1. The summed E-state index contributed by atoms with van der Waals surface area (Å²) in [6.45, 7) is 8.59. The van der Waals surface area contributed by atoms with E-state index in [1.54, 1.807) is 0 Å². The Bertz CT molecular complexity index is 662. The molecule has 0 saturated carbocycles.